The number of carboxylic acid groups (broad SMARTS) is 1. The molecule has 6 nitrogen and oxygen atoms in total. The highest BCUT2D eigenvalue weighted by Gasteiger charge is 2.14. The van der Waals surface area contributed by atoms with Crippen LogP contribution in [0.1, 0.15) is 0 Å². The van der Waals surface area contributed by atoms with Crippen LogP contribution in [0.5, 0.6) is 0 Å². The van der Waals surface area contributed by atoms with Crippen molar-refractivity contribution in [2.24, 2.45) is 0 Å². The highest BCUT2D eigenvalue weighted by atomic mass is 16.5. The van der Waals surface area contributed by atoms with Crippen molar-refractivity contribution < 1.29 is 19.4 Å². The SMILES string of the molecule is COCCNC(NCCOC)C(=O)O. The van der Waals surface area contributed by atoms with Crippen molar-refractivity contribution in [3.8, 4) is 0 Å². The van der Waals surface area contributed by atoms with Gasteiger partial charge in [-0.1, -0.05) is 0 Å². The van der Waals surface area contributed by atoms with Crippen molar-refractivity contribution in [2.45, 2.75) is 6.17 Å². The molecule has 0 heterocycles. The van der Waals surface area contributed by atoms with E-state index in [1.807, 2.05) is 0 Å². The topological polar surface area (TPSA) is 79.8 Å². The third kappa shape index (κ3) is 6.79. The zero-order valence-corrected chi connectivity index (χ0v) is 8.58. The summed E-state index contributed by atoms with van der Waals surface area (Å²) < 4.78 is 9.58. The zero-order chi connectivity index (χ0) is 10.8. The Morgan fingerprint density at radius 2 is 1.64 bits per heavy atom. The number of nitrogens with one attached hydrogen (secondary N) is 2. The molecule has 0 aliphatic heterocycles. The molecule has 0 aromatic heterocycles. The summed E-state index contributed by atoms with van der Waals surface area (Å²) in [6, 6.07) is 0. The first-order valence-electron chi connectivity index (χ1n) is 4.39. The van der Waals surface area contributed by atoms with Crippen LogP contribution >= 0.6 is 0 Å². The quantitative estimate of drug-likeness (QED) is 0.327. The number of hydrogen-bond acceptors (Lipinski definition) is 5. The van der Waals surface area contributed by atoms with E-state index in [9.17, 15) is 4.79 Å². The van der Waals surface area contributed by atoms with Crippen LogP contribution < -0.4 is 10.6 Å². The molecule has 0 saturated heterocycles. The molecule has 0 saturated carbocycles. The number of hydrogen-bond donors (Lipinski definition) is 3. The standard InChI is InChI=1S/C8H18N2O4/c1-13-5-3-9-7(8(11)12)10-4-6-14-2/h7,9-10H,3-6H2,1-2H3,(H,11,12). The van der Waals surface area contributed by atoms with Gasteiger partial charge in [0.05, 0.1) is 13.2 Å². The normalized spacial score (nSPS) is 10.8. The molecule has 14 heavy (non-hydrogen) atoms. The second-order valence-corrected chi connectivity index (χ2v) is 2.67. The van der Waals surface area contributed by atoms with Crippen molar-refractivity contribution in [2.75, 3.05) is 40.5 Å². The second kappa shape index (κ2) is 8.89. The van der Waals surface area contributed by atoms with Gasteiger partial charge in [-0.15, -0.1) is 0 Å². The molecule has 84 valence electrons. The predicted octanol–water partition coefficient (Wildman–Crippen LogP) is -1.13. The maximum absolute atomic E-state index is 10.7. The van der Waals surface area contributed by atoms with Crippen LogP contribution in [0.2, 0.25) is 0 Å². The minimum atomic E-state index is -0.933. The van der Waals surface area contributed by atoms with Crippen molar-refractivity contribution in [3.63, 3.8) is 0 Å². The van der Waals surface area contributed by atoms with E-state index in [1.165, 1.54) is 0 Å². The Kier molecular flexibility index (Phi) is 8.45. The summed E-state index contributed by atoms with van der Waals surface area (Å²) in [4.78, 5) is 10.7. The fraction of sp³-hybridized carbons (Fsp3) is 0.875. The molecule has 0 radical (unpaired) electrons. The number of methoxy groups -OCH3 is 2. The molecular formula is C8H18N2O4. The summed E-state index contributed by atoms with van der Waals surface area (Å²) >= 11 is 0. The van der Waals surface area contributed by atoms with E-state index in [-0.39, 0.29) is 0 Å². The summed E-state index contributed by atoms with van der Waals surface area (Å²) in [5.74, 6) is -0.933. The van der Waals surface area contributed by atoms with E-state index < -0.39 is 12.1 Å². The minimum Gasteiger partial charge on any atom is -0.479 e. The Labute approximate surface area is 83.6 Å². The fourth-order valence-electron chi connectivity index (χ4n) is 0.857. The first-order chi connectivity index (χ1) is 6.72. The van der Waals surface area contributed by atoms with Gasteiger partial charge >= 0.3 is 5.97 Å². The number of ether oxygens (including phenoxy) is 2. The van der Waals surface area contributed by atoms with Crippen LogP contribution in [0.15, 0.2) is 0 Å². The second-order valence-electron chi connectivity index (χ2n) is 2.67. The van der Waals surface area contributed by atoms with Gasteiger partial charge in [-0.3, -0.25) is 10.6 Å². The van der Waals surface area contributed by atoms with Crippen molar-refractivity contribution >= 4 is 5.97 Å². The summed E-state index contributed by atoms with van der Waals surface area (Å²) in [6.45, 7) is 1.95. The van der Waals surface area contributed by atoms with Gasteiger partial charge in [0, 0.05) is 27.3 Å². The maximum atomic E-state index is 10.7. The van der Waals surface area contributed by atoms with Gasteiger partial charge in [-0.25, -0.2) is 4.79 Å². The summed E-state index contributed by atoms with van der Waals surface area (Å²) in [5.41, 5.74) is 0. The van der Waals surface area contributed by atoms with E-state index in [4.69, 9.17) is 14.6 Å². The lowest BCUT2D eigenvalue weighted by molar-refractivity contribution is -0.140. The van der Waals surface area contributed by atoms with Gasteiger partial charge in [-0.2, -0.15) is 0 Å². The molecule has 0 aromatic rings. The molecule has 0 fully saturated rings. The minimum absolute atomic E-state index is 0.482. The lowest BCUT2D eigenvalue weighted by Crippen LogP contribution is -2.50. The average molecular weight is 206 g/mol. The van der Waals surface area contributed by atoms with Gasteiger partial charge in [0.15, 0.2) is 6.17 Å². The highest BCUT2D eigenvalue weighted by molar-refractivity contribution is 5.72. The van der Waals surface area contributed by atoms with Gasteiger partial charge < -0.3 is 14.6 Å². The van der Waals surface area contributed by atoms with Gasteiger partial charge in [-0.05, 0) is 0 Å². The van der Waals surface area contributed by atoms with Crippen LogP contribution in [0, 0.1) is 0 Å². The molecule has 0 aliphatic carbocycles. The average Bonchev–Trinajstić information content (AvgIpc) is 2.15. The molecule has 0 aromatic carbocycles. The van der Waals surface area contributed by atoms with E-state index >= 15 is 0 Å². The first-order valence-corrected chi connectivity index (χ1v) is 4.39. The molecular weight excluding hydrogens is 188 g/mol. The van der Waals surface area contributed by atoms with Crippen LogP contribution in [-0.4, -0.2) is 57.8 Å². The molecule has 0 atom stereocenters. The molecule has 0 amide bonds. The molecule has 0 aliphatic rings. The molecule has 0 rings (SSSR count). The van der Waals surface area contributed by atoms with E-state index in [2.05, 4.69) is 10.6 Å². The Balaban J connectivity index is 3.61. The van der Waals surface area contributed by atoms with Crippen LogP contribution in [0.3, 0.4) is 0 Å². The highest BCUT2D eigenvalue weighted by Crippen LogP contribution is 1.79. The summed E-state index contributed by atoms with van der Waals surface area (Å²) in [7, 11) is 3.13. The van der Waals surface area contributed by atoms with Gasteiger partial charge in [0.2, 0.25) is 0 Å². The number of carboxylic acids is 1. The third-order valence-electron chi connectivity index (χ3n) is 1.56. The van der Waals surface area contributed by atoms with E-state index in [0.29, 0.717) is 26.3 Å². The Bertz CT molecular complexity index is 144. The van der Waals surface area contributed by atoms with Crippen LogP contribution in [-0.2, 0) is 14.3 Å². The Hall–Kier alpha value is -0.690. The number of aliphatic carboxylic acids is 1. The molecule has 0 unspecified atom stereocenters. The first kappa shape index (κ1) is 13.3. The van der Waals surface area contributed by atoms with Crippen LogP contribution in [0.4, 0.5) is 0 Å². The maximum Gasteiger partial charge on any atom is 0.335 e. The number of carbonyl (C=O) groups is 1. The summed E-state index contributed by atoms with van der Waals surface area (Å²) in [5, 5.41) is 14.3. The Morgan fingerprint density at radius 3 is 1.93 bits per heavy atom. The largest absolute Gasteiger partial charge is 0.479 e. The van der Waals surface area contributed by atoms with Crippen molar-refractivity contribution in [1.82, 2.24) is 10.6 Å². The lowest BCUT2D eigenvalue weighted by atomic mass is 10.4. The Morgan fingerprint density at radius 1 is 1.21 bits per heavy atom. The van der Waals surface area contributed by atoms with E-state index in [0.717, 1.165) is 0 Å². The molecule has 0 spiro atoms. The van der Waals surface area contributed by atoms with Crippen molar-refractivity contribution in [3.05, 3.63) is 0 Å². The summed E-state index contributed by atoms with van der Waals surface area (Å²) in [6.07, 6.45) is -0.750. The zero-order valence-electron chi connectivity index (χ0n) is 8.58. The van der Waals surface area contributed by atoms with Crippen molar-refractivity contribution in [1.29, 1.82) is 0 Å². The predicted molar refractivity (Wildman–Crippen MR) is 51.2 cm³/mol. The van der Waals surface area contributed by atoms with Crippen LogP contribution in [0.25, 0.3) is 0 Å². The van der Waals surface area contributed by atoms with Gasteiger partial charge in [0.25, 0.3) is 0 Å². The fourth-order valence-corrected chi connectivity index (χ4v) is 0.857. The number of rotatable bonds is 9. The molecule has 3 N–H and O–H groups in total. The third-order valence-corrected chi connectivity index (χ3v) is 1.56. The molecule has 0 bridgehead atoms. The monoisotopic (exact) mass is 206 g/mol. The molecule has 6 heteroatoms. The van der Waals surface area contributed by atoms with E-state index in [1.54, 1.807) is 14.2 Å². The van der Waals surface area contributed by atoms with Gasteiger partial charge in [0.1, 0.15) is 0 Å². The lowest BCUT2D eigenvalue weighted by Gasteiger charge is -2.15. The smallest absolute Gasteiger partial charge is 0.335 e.